The van der Waals surface area contributed by atoms with E-state index in [1.807, 2.05) is 36.4 Å². The van der Waals surface area contributed by atoms with Crippen LogP contribution in [0.2, 0.25) is 0 Å². The number of carbonyl (C=O) groups is 2. The Morgan fingerprint density at radius 1 is 1.04 bits per heavy atom. The second-order valence-electron chi connectivity index (χ2n) is 7.14. The van der Waals surface area contributed by atoms with Crippen LogP contribution in [0.25, 0.3) is 10.8 Å². The minimum Gasteiger partial charge on any atom is -0.496 e. The molecule has 2 aliphatic carbocycles. The zero-order valence-corrected chi connectivity index (χ0v) is 14.3. The van der Waals surface area contributed by atoms with E-state index in [1.54, 1.807) is 13.3 Å². The first kappa shape index (κ1) is 15.3. The third kappa shape index (κ3) is 2.00. The van der Waals surface area contributed by atoms with E-state index in [4.69, 9.17) is 4.74 Å². The van der Waals surface area contributed by atoms with Crippen molar-refractivity contribution in [3.8, 4) is 5.75 Å². The summed E-state index contributed by atoms with van der Waals surface area (Å²) in [4.78, 5) is 25.5. The molecule has 0 radical (unpaired) electrons. The van der Waals surface area contributed by atoms with Crippen molar-refractivity contribution >= 4 is 28.8 Å². The molecule has 5 rings (SSSR count). The van der Waals surface area contributed by atoms with Gasteiger partial charge >= 0.3 is 0 Å². The van der Waals surface area contributed by atoms with Gasteiger partial charge in [-0.05, 0) is 35.1 Å². The van der Waals surface area contributed by atoms with Crippen LogP contribution in [0.5, 0.6) is 5.75 Å². The van der Waals surface area contributed by atoms with Crippen molar-refractivity contribution in [1.29, 1.82) is 0 Å². The molecule has 1 heterocycles. The van der Waals surface area contributed by atoms with Crippen molar-refractivity contribution in [3.63, 3.8) is 0 Å². The summed E-state index contributed by atoms with van der Waals surface area (Å²) in [5.74, 6) is 0.226. The van der Waals surface area contributed by atoms with E-state index in [0.717, 1.165) is 27.8 Å². The van der Waals surface area contributed by atoms with Crippen molar-refractivity contribution in [1.82, 2.24) is 5.01 Å². The van der Waals surface area contributed by atoms with Gasteiger partial charge in [0.25, 0.3) is 11.8 Å². The molecule has 2 aromatic carbocycles. The van der Waals surface area contributed by atoms with E-state index in [0.29, 0.717) is 5.75 Å². The number of rotatable bonds is 3. The Bertz CT molecular complexity index is 964. The molecule has 130 valence electrons. The number of amides is 2. The Morgan fingerprint density at radius 3 is 2.42 bits per heavy atom. The number of imide groups is 1. The molecule has 0 spiro atoms. The highest BCUT2D eigenvalue weighted by Crippen LogP contribution is 2.52. The molecule has 3 aliphatic rings. The number of benzene rings is 2. The van der Waals surface area contributed by atoms with Crippen LogP contribution in [0, 0.1) is 23.7 Å². The molecule has 2 bridgehead atoms. The van der Waals surface area contributed by atoms with Gasteiger partial charge in [-0.3, -0.25) is 9.59 Å². The highest BCUT2D eigenvalue weighted by Gasteiger charge is 2.59. The molecular weight excluding hydrogens is 328 g/mol. The molecule has 0 N–H and O–H groups in total. The van der Waals surface area contributed by atoms with Crippen LogP contribution in [0.4, 0.5) is 0 Å². The van der Waals surface area contributed by atoms with E-state index >= 15 is 0 Å². The van der Waals surface area contributed by atoms with Gasteiger partial charge in [-0.15, -0.1) is 0 Å². The number of ether oxygens (including phenoxy) is 1. The lowest BCUT2D eigenvalue weighted by Gasteiger charge is -2.13. The average molecular weight is 346 g/mol. The number of carbonyl (C=O) groups excluding carboxylic acids is 2. The molecule has 5 nitrogen and oxygen atoms in total. The Hall–Kier alpha value is -2.95. The van der Waals surface area contributed by atoms with E-state index in [1.165, 1.54) is 0 Å². The zero-order valence-electron chi connectivity index (χ0n) is 14.3. The first-order valence-electron chi connectivity index (χ1n) is 8.85. The molecule has 0 aromatic heterocycles. The summed E-state index contributed by atoms with van der Waals surface area (Å²) in [6.45, 7) is 0. The number of hydrogen-bond donors (Lipinski definition) is 0. The van der Waals surface area contributed by atoms with E-state index in [2.05, 4.69) is 17.3 Å². The normalized spacial score (nSPS) is 29.3. The van der Waals surface area contributed by atoms with Crippen LogP contribution in [-0.4, -0.2) is 30.1 Å². The lowest BCUT2D eigenvalue weighted by Crippen LogP contribution is -2.28. The maximum absolute atomic E-state index is 12.8. The van der Waals surface area contributed by atoms with Gasteiger partial charge in [0.1, 0.15) is 5.75 Å². The lowest BCUT2D eigenvalue weighted by atomic mass is 9.85. The van der Waals surface area contributed by atoms with Crippen LogP contribution in [0.1, 0.15) is 12.0 Å². The Labute approximate surface area is 150 Å². The topological polar surface area (TPSA) is 59.0 Å². The van der Waals surface area contributed by atoms with Gasteiger partial charge in [0.15, 0.2) is 0 Å². The minimum atomic E-state index is -0.232. The third-order valence-electron chi connectivity index (χ3n) is 5.90. The first-order chi connectivity index (χ1) is 12.7. The summed E-state index contributed by atoms with van der Waals surface area (Å²) in [6, 6.07) is 11.7. The van der Waals surface area contributed by atoms with Crippen LogP contribution in [0.3, 0.4) is 0 Å². The Morgan fingerprint density at radius 2 is 1.73 bits per heavy atom. The van der Waals surface area contributed by atoms with Gasteiger partial charge in [0.05, 0.1) is 25.2 Å². The summed E-state index contributed by atoms with van der Waals surface area (Å²) in [7, 11) is 1.60. The average Bonchev–Trinajstić information content (AvgIpc) is 3.34. The van der Waals surface area contributed by atoms with Gasteiger partial charge in [-0.2, -0.15) is 10.1 Å². The number of hydrogen-bond acceptors (Lipinski definition) is 4. The van der Waals surface area contributed by atoms with Crippen molar-refractivity contribution < 1.29 is 14.3 Å². The molecule has 26 heavy (non-hydrogen) atoms. The maximum Gasteiger partial charge on any atom is 0.254 e. The number of nitrogens with zero attached hydrogens (tertiary/aromatic N) is 2. The van der Waals surface area contributed by atoms with Gasteiger partial charge in [0.2, 0.25) is 0 Å². The van der Waals surface area contributed by atoms with E-state index in [-0.39, 0.29) is 35.5 Å². The SMILES string of the molecule is COc1ccc2ccccc2c1/C=N\N1C(=O)[C@@H]2[C@@H](C1=O)[C@H]1C=C[C@H]2C1. The van der Waals surface area contributed by atoms with Crippen LogP contribution in [0.15, 0.2) is 53.7 Å². The van der Waals surface area contributed by atoms with E-state index in [9.17, 15) is 9.59 Å². The van der Waals surface area contributed by atoms with Crippen molar-refractivity contribution in [2.45, 2.75) is 6.42 Å². The fourth-order valence-corrected chi connectivity index (χ4v) is 4.70. The predicted molar refractivity (Wildman–Crippen MR) is 97.7 cm³/mol. The number of allylic oxidation sites excluding steroid dienone is 2. The van der Waals surface area contributed by atoms with Crippen molar-refractivity contribution in [3.05, 3.63) is 54.1 Å². The number of fused-ring (bicyclic) bond motifs is 6. The summed E-state index contributed by atoms with van der Waals surface area (Å²) >= 11 is 0. The summed E-state index contributed by atoms with van der Waals surface area (Å²) in [5.41, 5.74) is 0.768. The summed E-state index contributed by atoms with van der Waals surface area (Å²) in [6.07, 6.45) is 6.66. The number of hydrazone groups is 1. The minimum absolute atomic E-state index is 0.174. The molecule has 2 amide bonds. The van der Waals surface area contributed by atoms with Crippen LogP contribution in [-0.2, 0) is 9.59 Å². The van der Waals surface area contributed by atoms with Gasteiger partial charge < -0.3 is 4.74 Å². The molecule has 5 heteroatoms. The molecular formula is C21H18N2O3. The van der Waals surface area contributed by atoms with Crippen molar-refractivity contribution in [2.75, 3.05) is 7.11 Å². The zero-order chi connectivity index (χ0) is 17.8. The van der Waals surface area contributed by atoms with Gasteiger partial charge in [-0.1, -0.05) is 42.5 Å². The summed E-state index contributed by atoms with van der Waals surface area (Å²) in [5, 5.41) is 7.39. The fraction of sp³-hybridized carbons (Fsp3) is 0.286. The van der Waals surface area contributed by atoms with E-state index < -0.39 is 0 Å². The maximum atomic E-state index is 12.8. The van der Waals surface area contributed by atoms with Crippen LogP contribution >= 0.6 is 0 Å². The Kier molecular flexibility index (Phi) is 3.26. The second kappa shape index (κ2) is 5.53. The monoisotopic (exact) mass is 346 g/mol. The lowest BCUT2D eigenvalue weighted by molar-refractivity contribution is -0.140. The smallest absolute Gasteiger partial charge is 0.254 e. The number of methoxy groups -OCH3 is 1. The molecule has 1 saturated heterocycles. The summed E-state index contributed by atoms with van der Waals surface area (Å²) < 4.78 is 5.45. The highest BCUT2D eigenvalue weighted by molar-refractivity contribution is 6.08. The first-order valence-corrected chi connectivity index (χ1v) is 8.85. The molecule has 1 aliphatic heterocycles. The predicted octanol–water partition coefficient (Wildman–Crippen LogP) is 2.99. The van der Waals surface area contributed by atoms with Gasteiger partial charge in [-0.25, -0.2) is 0 Å². The fourth-order valence-electron chi connectivity index (χ4n) is 4.70. The molecule has 2 aromatic rings. The highest BCUT2D eigenvalue weighted by atomic mass is 16.5. The molecule has 0 unspecified atom stereocenters. The molecule has 1 saturated carbocycles. The molecule has 2 fully saturated rings. The second-order valence-corrected chi connectivity index (χ2v) is 7.14. The van der Waals surface area contributed by atoms with Crippen LogP contribution < -0.4 is 4.74 Å². The van der Waals surface area contributed by atoms with Crippen molar-refractivity contribution in [2.24, 2.45) is 28.8 Å². The molecule has 4 atom stereocenters. The third-order valence-corrected chi connectivity index (χ3v) is 5.90. The van der Waals surface area contributed by atoms with Gasteiger partial charge in [0, 0.05) is 5.56 Å². The largest absolute Gasteiger partial charge is 0.496 e. The Balaban J connectivity index is 1.53. The standard InChI is InChI=1S/C21H18N2O3/c1-26-17-9-8-12-4-2-3-5-15(12)16(17)11-22-23-20(24)18-13-6-7-14(10-13)19(18)21(23)25/h2-9,11,13-14,18-19H,10H2,1H3/b22-11-/t13-,14-,18-,19-/m0/s1. The quantitative estimate of drug-likeness (QED) is 0.488.